The highest BCUT2D eigenvalue weighted by Gasteiger charge is 2.10. The van der Waals surface area contributed by atoms with Gasteiger partial charge in [-0.2, -0.15) is 0 Å². The summed E-state index contributed by atoms with van der Waals surface area (Å²) in [5.74, 6) is 1.52. The van der Waals surface area contributed by atoms with Crippen LogP contribution in [0.1, 0.15) is 15.9 Å². The first-order valence-corrected chi connectivity index (χ1v) is 8.76. The van der Waals surface area contributed by atoms with Crippen molar-refractivity contribution in [1.82, 2.24) is 10.3 Å². The van der Waals surface area contributed by atoms with Crippen molar-refractivity contribution in [2.45, 2.75) is 6.42 Å². The maximum atomic E-state index is 12.4. The second-order valence-electron chi connectivity index (χ2n) is 6.16. The molecule has 0 radical (unpaired) electrons. The number of benzene rings is 2. The number of H-pyrrole nitrogens is 1. The second kappa shape index (κ2) is 8.47. The van der Waals surface area contributed by atoms with Gasteiger partial charge >= 0.3 is 0 Å². The van der Waals surface area contributed by atoms with Crippen molar-refractivity contribution in [3.8, 4) is 17.2 Å². The van der Waals surface area contributed by atoms with Gasteiger partial charge in [-0.25, -0.2) is 0 Å². The highest BCUT2D eigenvalue weighted by Crippen LogP contribution is 2.31. The molecule has 7 nitrogen and oxygen atoms in total. The quantitative estimate of drug-likeness (QED) is 0.655. The fourth-order valence-corrected chi connectivity index (χ4v) is 2.94. The van der Waals surface area contributed by atoms with E-state index in [4.69, 9.17) is 14.2 Å². The molecule has 28 heavy (non-hydrogen) atoms. The van der Waals surface area contributed by atoms with Gasteiger partial charge in [-0.05, 0) is 36.8 Å². The van der Waals surface area contributed by atoms with Crippen LogP contribution in [-0.2, 0) is 6.42 Å². The summed E-state index contributed by atoms with van der Waals surface area (Å²) in [6, 6.07) is 12.2. The molecule has 0 saturated carbocycles. The highest BCUT2D eigenvalue weighted by molar-refractivity contribution is 5.94. The molecule has 0 bridgehead atoms. The Morgan fingerprint density at radius 2 is 1.75 bits per heavy atom. The van der Waals surface area contributed by atoms with E-state index in [1.807, 2.05) is 6.07 Å². The molecule has 0 aliphatic carbocycles. The van der Waals surface area contributed by atoms with Crippen LogP contribution in [0.4, 0.5) is 0 Å². The van der Waals surface area contributed by atoms with Crippen molar-refractivity contribution in [2.75, 3.05) is 27.9 Å². The predicted molar refractivity (Wildman–Crippen MR) is 107 cm³/mol. The van der Waals surface area contributed by atoms with E-state index in [9.17, 15) is 9.59 Å². The lowest BCUT2D eigenvalue weighted by Crippen LogP contribution is -2.27. The first-order chi connectivity index (χ1) is 13.5. The van der Waals surface area contributed by atoms with Gasteiger partial charge in [0.1, 0.15) is 5.75 Å². The van der Waals surface area contributed by atoms with Crippen LogP contribution >= 0.6 is 0 Å². The van der Waals surface area contributed by atoms with Gasteiger partial charge in [0.2, 0.25) is 0 Å². The van der Waals surface area contributed by atoms with E-state index in [2.05, 4.69) is 10.3 Å². The molecule has 0 saturated heterocycles. The van der Waals surface area contributed by atoms with Gasteiger partial charge in [0.25, 0.3) is 11.5 Å². The van der Waals surface area contributed by atoms with Gasteiger partial charge in [-0.1, -0.05) is 6.07 Å². The molecule has 146 valence electrons. The second-order valence-corrected chi connectivity index (χ2v) is 6.16. The highest BCUT2D eigenvalue weighted by atomic mass is 16.5. The summed E-state index contributed by atoms with van der Waals surface area (Å²) in [7, 11) is 4.65. The fraction of sp³-hybridized carbons (Fsp3) is 0.238. The molecule has 0 aliphatic heterocycles. The molecule has 2 N–H and O–H groups in total. The van der Waals surface area contributed by atoms with Crippen molar-refractivity contribution in [3.63, 3.8) is 0 Å². The summed E-state index contributed by atoms with van der Waals surface area (Å²) < 4.78 is 15.7. The van der Waals surface area contributed by atoms with E-state index in [1.54, 1.807) is 57.7 Å². The molecule has 2 aromatic carbocycles. The van der Waals surface area contributed by atoms with Crippen molar-refractivity contribution in [1.29, 1.82) is 0 Å². The zero-order valence-corrected chi connectivity index (χ0v) is 16.0. The van der Waals surface area contributed by atoms with E-state index >= 15 is 0 Å². The van der Waals surface area contributed by atoms with Gasteiger partial charge in [0.05, 0.1) is 26.8 Å². The Balaban J connectivity index is 1.74. The molecule has 0 fully saturated rings. The van der Waals surface area contributed by atoms with E-state index in [0.717, 1.165) is 5.39 Å². The smallest absolute Gasteiger partial charge is 0.251 e. The number of hydrogen-bond acceptors (Lipinski definition) is 5. The molecule has 1 aromatic heterocycles. The molecule has 1 amide bonds. The van der Waals surface area contributed by atoms with Crippen LogP contribution < -0.4 is 25.1 Å². The van der Waals surface area contributed by atoms with Crippen molar-refractivity contribution < 1.29 is 19.0 Å². The number of fused-ring (bicyclic) bond motifs is 1. The number of rotatable bonds is 7. The fourth-order valence-electron chi connectivity index (χ4n) is 2.94. The molecule has 0 spiro atoms. The Morgan fingerprint density at radius 1 is 1.00 bits per heavy atom. The van der Waals surface area contributed by atoms with E-state index in [1.165, 1.54) is 0 Å². The predicted octanol–water partition coefficient (Wildman–Crippen LogP) is 2.53. The third-order valence-electron chi connectivity index (χ3n) is 4.44. The number of ether oxygens (including phenoxy) is 3. The number of aromatic amines is 1. The van der Waals surface area contributed by atoms with Crippen LogP contribution in [-0.4, -0.2) is 38.8 Å². The number of carbonyl (C=O) groups excluding carboxylic acids is 1. The summed E-state index contributed by atoms with van der Waals surface area (Å²) in [6.07, 6.45) is 0.398. The average molecular weight is 382 g/mol. The van der Waals surface area contributed by atoms with E-state index < -0.39 is 0 Å². The molecular formula is C21H22N2O5. The van der Waals surface area contributed by atoms with Gasteiger partial charge in [-0.3, -0.25) is 9.59 Å². The average Bonchev–Trinajstić information content (AvgIpc) is 2.73. The lowest BCUT2D eigenvalue weighted by molar-refractivity contribution is 0.0953. The first kappa shape index (κ1) is 19.3. The van der Waals surface area contributed by atoms with Crippen LogP contribution in [0, 0.1) is 0 Å². The SMILES string of the molecule is COc1cccc(C(=O)NCCc2cc3cc(OC)c(OC)cc3[nH]c2=O)c1. The summed E-state index contributed by atoms with van der Waals surface area (Å²) in [4.78, 5) is 27.5. The minimum absolute atomic E-state index is 0.199. The molecule has 7 heteroatoms. The maximum Gasteiger partial charge on any atom is 0.251 e. The normalized spacial score (nSPS) is 10.5. The van der Waals surface area contributed by atoms with Gasteiger partial charge in [0.15, 0.2) is 11.5 Å². The summed E-state index contributed by atoms with van der Waals surface area (Å²) >= 11 is 0. The standard InChI is InChI=1S/C21H22N2O5/c1-26-16-6-4-5-13(10-16)20(24)22-8-7-14-9-15-11-18(27-2)19(28-3)12-17(15)23-21(14)25/h4-6,9-12H,7-8H2,1-3H3,(H,22,24)(H,23,25). The Bertz CT molecular complexity index is 1060. The molecule has 0 aliphatic rings. The van der Waals surface area contributed by atoms with E-state index in [0.29, 0.717) is 46.9 Å². The van der Waals surface area contributed by atoms with Crippen LogP contribution in [0.3, 0.4) is 0 Å². The number of hydrogen-bond donors (Lipinski definition) is 2. The minimum Gasteiger partial charge on any atom is -0.497 e. The summed E-state index contributed by atoms with van der Waals surface area (Å²) in [6.45, 7) is 0.331. The Hall–Kier alpha value is -3.48. The Morgan fingerprint density at radius 3 is 2.46 bits per heavy atom. The zero-order valence-electron chi connectivity index (χ0n) is 16.0. The van der Waals surface area contributed by atoms with Crippen LogP contribution in [0.15, 0.2) is 47.3 Å². The monoisotopic (exact) mass is 382 g/mol. The molecule has 0 unspecified atom stereocenters. The third kappa shape index (κ3) is 4.09. The largest absolute Gasteiger partial charge is 0.497 e. The van der Waals surface area contributed by atoms with Crippen LogP contribution in [0.5, 0.6) is 17.2 Å². The number of carbonyl (C=O) groups is 1. The Kier molecular flexibility index (Phi) is 5.84. The molecule has 3 aromatic rings. The van der Waals surface area contributed by atoms with Crippen molar-refractivity contribution >= 4 is 16.8 Å². The van der Waals surface area contributed by atoms with Crippen molar-refractivity contribution in [3.05, 3.63) is 63.9 Å². The molecular weight excluding hydrogens is 360 g/mol. The van der Waals surface area contributed by atoms with Crippen molar-refractivity contribution in [2.24, 2.45) is 0 Å². The minimum atomic E-state index is -0.220. The van der Waals surface area contributed by atoms with Gasteiger partial charge < -0.3 is 24.5 Å². The summed E-state index contributed by atoms with van der Waals surface area (Å²) in [5.41, 5.74) is 1.54. The number of pyridine rings is 1. The van der Waals surface area contributed by atoms with E-state index in [-0.39, 0.29) is 11.5 Å². The zero-order chi connectivity index (χ0) is 20.1. The number of nitrogens with one attached hydrogen (secondary N) is 2. The third-order valence-corrected chi connectivity index (χ3v) is 4.44. The van der Waals surface area contributed by atoms with Gasteiger partial charge in [-0.15, -0.1) is 0 Å². The Labute approximate surface area is 162 Å². The van der Waals surface area contributed by atoms with Crippen LogP contribution in [0.2, 0.25) is 0 Å². The van der Waals surface area contributed by atoms with Crippen LogP contribution in [0.25, 0.3) is 10.9 Å². The molecule has 0 atom stereocenters. The number of amides is 1. The molecule has 1 heterocycles. The molecule has 3 rings (SSSR count). The first-order valence-electron chi connectivity index (χ1n) is 8.76. The summed E-state index contributed by atoms with van der Waals surface area (Å²) in [5, 5.41) is 3.65. The lowest BCUT2D eigenvalue weighted by atomic mass is 10.1. The maximum absolute atomic E-state index is 12.4. The van der Waals surface area contributed by atoms with Gasteiger partial charge in [0, 0.05) is 29.1 Å². The lowest BCUT2D eigenvalue weighted by Gasteiger charge is -2.10. The topological polar surface area (TPSA) is 89.7 Å². The number of aromatic nitrogens is 1. The number of methoxy groups -OCH3 is 3.